The number of carbonyl (C=O) groups excluding carboxylic acids is 1. The van der Waals surface area contributed by atoms with E-state index in [9.17, 15) is 24.2 Å². The lowest BCUT2D eigenvalue weighted by molar-refractivity contribution is 0.0507. The number of hydrogen-bond donors (Lipinski definition) is 2. The largest absolute Gasteiger partial charge is 0.478 e. The molecule has 3 aromatic heterocycles. The highest BCUT2D eigenvalue weighted by molar-refractivity contribution is 6.30. The molecule has 4 aromatic rings. The molecule has 5 rings (SSSR count). The molecule has 1 aliphatic rings. The molecular weight excluding hydrogens is 573 g/mol. The summed E-state index contributed by atoms with van der Waals surface area (Å²) in [6.07, 6.45) is 1.82. The van der Waals surface area contributed by atoms with Crippen molar-refractivity contribution in [2.45, 2.75) is 52.6 Å². The second kappa shape index (κ2) is 10.9. The summed E-state index contributed by atoms with van der Waals surface area (Å²) in [6.45, 7) is 12.3. The number of amides is 1. The van der Waals surface area contributed by atoms with Crippen molar-refractivity contribution < 1.29 is 24.2 Å². The summed E-state index contributed by atoms with van der Waals surface area (Å²) >= 11 is 5.92. The monoisotopic (exact) mass is 607 g/mol. The number of benzene rings is 1. The topological polar surface area (TPSA) is 112 Å². The number of anilines is 1. The van der Waals surface area contributed by atoms with Crippen LogP contribution in [0.25, 0.3) is 22.2 Å². The van der Waals surface area contributed by atoms with E-state index in [1.807, 2.05) is 44.5 Å². The molecule has 0 saturated carbocycles. The first-order valence-electron chi connectivity index (χ1n) is 14.0. The fraction of sp³-hybridized carbons (Fsp3) is 0.375. The number of rotatable bonds is 6. The number of aliphatic hydroxyl groups excluding tert-OH is 1. The maximum Gasteiger partial charge on any atom is 0.337 e. The molecule has 2 N–H and O–H groups in total. The quantitative estimate of drug-likeness (QED) is 0.290. The van der Waals surface area contributed by atoms with Gasteiger partial charge >= 0.3 is 5.97 Å². The second-order valence-corrected chi connectivity index (χ2v) is 12.7. The van der Waals surface area contributed by atoms with Crippen LogP contribution in [0.4, 0.5) is 10.2 Å². The van der Waals surface area contributed by atoms with Crippen molar-refractivity contribution in [1.82, 2.24) is 19.4 Å². The van der Waals surface area contributed by atoms with Gasteiger partial charge in [-0.3, -0.25) is 4.79 Å². The van der Waals surface area contributed by atoms with E-state index in [2.05, 4.69) is 9.88 Å². The zero-order chi connectivity index (χ0) is 31.4. The van der Waals surface area contributed by atoms with Crippen LogP contribution in [0, 0.1) is 19.7 Å². The first-order chi connectivity index (χ1) is 20.1. The molecule has 0 atom stereocenters. The van der Waals surface area contributed by atoms with Crippen molar-refractivity contribution in [2.24, 2.45) is 0 Å². The van der Waals surface area contributed by atoms with Crippen LogP contribution in [0.1, 0.15) is 59.8 Å². The van der Waals surface area contributed by atoms with E-state index in [1.54, 1.807) is 36.9 Å². The molecule has 1 aliphatic heterocycles. The number of carboxylic acid groups (broad SMARTS) is 1. The number of aliphatic hydroxyl groups is 1. The first kappa shape index (κ1) is 30.4. The number of fused-ring (bicyclic) bond motifs is 1. The third-order valence-corrected chi connectivity index (χ3v) is 8.52. The summed E-state index contributed by atoms with van der Waals surface area (Å²) in [5, 5.41) is 20.4. The molecule has 11 heteroatoms. The number of nitrogens with zero attached hydrogens (tertiary/aromatic N) is 5. The summed E-state index contributed by atoms with van der Waals surface area (Å²) in [5.74, 6) is -1.10. The molecule has 0 bridgehead atoms. The summed E-state index contributed by atoms with van der Waals surface area (Å²) in [6, 6.07) is 9.85. The van der Waals surface area contributed by atoms with Crippen molar-refractivity contribution in [3.63, 3.8) is 0 Å². The van der Waals surface area contributed by atoms with E-state index in [1.165, 1.54) is 12.1 Å². The minimum Gasteiger partial charge on any atom is -0.478 e. The van der Waals surface area contributed by atoms with Crippen LogP contribution in [-0.2, 0) is 5.54 Å². The van der Waals surface area contributed by atoms with E-state index >= 15 is 0 Å². The van der Waals surface area contributed by atoms with E-state index < -0.39 is 22.9 Å². The summed E-state index contributed by atoms with van der Waals surface area (Å²) < 4.78 is 16.2. The molecule has 1 saturated heterocycles. The fourth-order valence-corrected chi connectivity index (χ4v) is 5.93. The van der Waals surface area contributed by atoms with Gasteiger partial charge in [0.05, 0.1) is 34.0 Å². The Bertz CT molecular complexity index is 1740. The van der Waals surface area contributed by atoms with Gasteiger partial charge in [0.1, 0.15) is 23.0 Å². The molecule has 4 heterocycles. The third-order valence-electron chi connectivity index (χ3n) is 8.21. The Morgan fingerprint density at radius 1 is 1.09 bits per heavy atom. The van der Waals surface area contributed by atoms with Gasteiger partial charge < -0.3 is 24.6 Å². The second-order valence-electron chi connectivity index (χ2n) is 12.3. The Labute approximate surface area is 254 Å². The Morgan fingerprint density at radius 3 is 2.42 bits per heavy atom. The van der Waals surface area contributed by atoms with Crippen molar-refractivity contribution in [3.05, 3.63) is 75.9 Å². The highest BCUT2D eigenvalue weighted by atomic mass is 35.5. The molecule has 9 nitrogen and oxygen atoms in total. The van der Waals surface area contributed by atoms with E-state index in [4.69, 9.17) is 16.6 Å². The first-order valence-corrected chi connectivity index (χ1v) is 14.4. The van der Waals surface area contributed by atoms with Gasteiger partial charge in [0.15, 0.2) is 0 Å². The van der Waals surface area contributed by atoms with E-state index in [0.29, 0.717) is 58.9 Å². The lowest BCUT2D eigenvalue weighted by Crippen LogP contribution is -2.61. The number of halogens is 2. The number of piperazine rings is 1. The minimum absolute atomic E-state index is 0.0234. The predicted molar refractivity (Wildman–Crippen MR) is 165 cm³/mol. The van der Waals surface area contributed by atoms with Crippen LogP contribution in [0.15, 0.2) is 42.6 Å². The summed E-state index contributed by atoms with van der Waals surface area (Å²) in [4.78, 5) is 38.8. The van der Waals surface area contributed by atoms with Crippen molar-refractivity contribution >= 4 is 40.3 Å². The van der Waals surface area contributed by atoms with Crippen molar-refractivity contribution in [3.8, 4) is 11.1 Å². The molecule has 0 spiro atoms. The number of hydrogen-bond acceptors (Lipinski definition) is 6. The van der Waals surface area contributed by atoms with Crippen LogP contribution in [0.3, 0.4) is 0 Å². The molecule has 0 unspecified atom stereocenters. The average molecular weight is 608 g/mol. The van der Waals surface area contributed by atoms with Gasteiger partial charge in [-0.1, -0.05) is 17.7 Å². The van der Waals surface area contributed by atoms with Crippen LogP contribution in [-0.4, -0.2) is 73.3 Å². The maximum atomic E-state index is 14.4. The molecule has 0 aliphatic carbocycles. The number of aromatic nitrogens is 3. The number of carbonyl (C=O) groups is 2. The average Bonchev–Trinajstić information content (AvgIpc) is 3.33. The standard InChI is InChI=1S/C32H35ClFN5O4/c1-18-13-26(35-19(2)27(18)30(42)43)37-11-12-38(31(3,4)16-37)29(41)25-10-8-21-22(20-7-9-23(33)24(34)14-20)15-39(28(21)36-25)32(5,6)17-40/h7-10,13-15,40H,11-12,16-17H2,1-6H3,(H,42,43). The lowest BCUT2D eigenvalue weighted by Gasteiger charge is -2.47. The van der Waals surface area contributed by atoms with Crippen molar-refractivity contribution in [2.75, 3.05) is 31.1 Å². The molecular formula is C32H35ClFN5O4. The van der Waals surface area contributed by atoms with Crippen LogP contribution >= 0.6 is 11.6 Å². The highest BCUT2D eigenvalue weighted by Crippen LogP contribution is 2.35. The van der Waals surface area contributed by atoms with Gasteiger partial charge in [-0.05, 0) is 83.0 Å². The molecule has 226 valence electrons. The molecule has 43 heavy (non-hydrogen) atoms. The summed E-state index contributed by atoms with van der Waals surface area (Å²) in [7, 11) is 0. The SMILES string of the molecule is Cc1cc(N2CCN(C(=O)c3ccc4c(-c5ccc(Cl)c(F)c5)cn(C(C)(C)CO)c4n3)C(C)(C)C2)nc(C)c1C(=O)O. The third kappa shape index (κ3) is 5.45. The Morgan fingerprint density at radius 2 is 1.81 bits per heavy atom. The zero-order valence-electron chi connectivity index (χ0n) is 25.1. The van der Waals surface area contributed by atoms with E-state index in [-0.39, 0.29) is 28.8 Å². The normalized spacial score (nSPS) is 15.3. The number of pyridine rings is 2. The zero-order valence-corrected chi connectivity index (χ0v) is 25.8. The van der Waals surface area contributed by atoms with Gasteiger partial charge in [0.2, 0.25) is 0 Å². The van der Waals surface area contributed by atoms with Gasteiger partial charge in [0.25, 0.3) is 5.91 Å². The smallest absolute Gasteiger partial charge is 0.337 e. The van der Waals surface area contributed by atoms with Crippen LogP contribution in [0.5, 0.6) is 0 Å². The maximum absolute atomic E-state index is 14.4. The molecule has 1 aromatic carbocycles. The van der Waals surface area contributed by atoms with Crippen LogP contribution < -0.4 is 4.90 Å². The molecule has 1 amide bonds. The lowest BCUT2D eigenvalue weighted by atomic mass is 9.97. The van der Waals surface area contributed by atoms with Crippen molar-refractivity contribution in [1.29, 1.82) is 0 Å². The summed E-state index contributed by atoms with van der Waals surface area (Å²) in [5.41, 5.74) is 2.01. The fourth-order valence-electron chi connectivity index (χ4n) is 5.81. The van der Waals surface area contributed by atoms with Gasteiger partial charge in [-0.15, -0.1) is 0 Å². The highest BCUT2D eigenvalue weighted by Gasteiger charge is 2.38. The molecule has 1 fully saturated rings. The Kier molecular flexibility index (Phi) is 7.73. The van der Waals surface area contributed by atoms with E-state index in [0.717, 1.165) is 0 Å². The van der Waals surface area contributed by atoms with Gasteiger partial charge in [-0.25, -0.2) is 19.2 Å². The number of aryl methyl sites for hydroxylation is 2. The Balaban J connectivity index is 1.49. The number of aromatic carboxylic acids is 1. The number of carboxylic acids is 1. The van der Waals surface area contributed by atoms with Gasteiger partial charge in [-0.2, -0.15) is 0 Å². The minimum atomic E-state index is -1.00. The molecule has 0 radical (unpaired) electrons. The van der Waals surface area contributed by atoms with Gasteiger partial charge in [0, 0.05) is 36.8 Å². The van der Waals surface area contributed by atoms with Crippen LogP contribution in [0.2, 0.25) is 5.02 Å². The predicted octanol–water partition coefficient (Wildman–Crippen LogP) is 5.67. The Hall–Kier alpha value is -4.02.